The first-order valence-corrected chi connectivity index (χ1v) is 7.40. The van der Waals surface area contributed by atoms with Gasteiger partial charge in [-0.25, -0.2) is 0 Å². The lowest BCUT2D eigenvalue weighted by molar-refractivity contribution is 0.463. The number of piperidine rings is 1. The number of aliphatic imine (C=N–C) groups is 1. The molecule has 2 N–H and O–H groups in total. The Kier molecular flexibility index (Phi) is 7.77. The average molecular weight is 404 g/mol. The van der Waals surface area contributed by atoms with Crippen LogP contribution in [0.4, 0.5) is 5.00 Å². The van der Waals surface area contributed by atoms with Crippen molar-refractivity contribution in [2.24, 2.45) is 4.99 Å². The van der Waals surface area contributed by atoms with Crippen molar-refractivity contribution in [2.75, 3.05) is 31.6 Å². The number of nitrogens with zero attached hydrogens (tertiary/aromatic N) is 2. The van der Waals surface area contributed by atoms with Crippen molar-refractivity contribution in [3.05, 3.63) is 17.5 Å². The van der Waals surface area contributed by atoms with E-state index in [2.05, 4.69) is 44.0 Å². The van der Waals surface area contributed by atoms with Gasteiger partial charge in [0.1, 0.15) is 0 Å². The van der Waals surface area contributed by atoms with E-state index in [0.29, 0.717) is 12.6 Å². The van der Waals surface area contributed by atoms with Gasteiger partial charge in [-0.1, -0.05) is 5.92 Å². The third-order valence-corrected chi connectivity index (χ3v) is 4.16. The van der Waals surface area contributed by atoms with Gasteiger partial charge in [0.2, 0.25) is 0 Å². The molecule has 110 valence electrons. The lowest BCUT2D eigenvalue weighted by Gasteiger charge is -2.33. The van der Waals surface area contributed by atoms with E-state index in [1.165, 1.54) is 5.00 Å². The van der Waals surface area contributed by atoms with Gasteiger partial charge < -0.3 is 15.5 Å². The highest BCUT2D eigenvalue weighted by Gasteiger charge is 2.20. The summed E-state index contributed by atoms with van der Waals surface area (Å²) in [7, 11) is 1.77. The molecule has 2 rings (SSSR count). The molecule has 0 spiro atoms. The number of halogens is 1. The molecule has 1 aromatic rings. The molecule has 0 aliphatic carbocycles. The summed E-state index contributed by atoms with van der Waals surface area (Å²) in [4.78, 5) is 6.62. The molecule has 1 aliphatic rings. The average Bonchev–Trinajstić information content (AvgIpc) is 2.98. The van der Waals surface area contributed by atoms with Crippen LogP contribution in [0.2, 0.25) is 0 Å². The standard InChI is InChI=1S/C14H20N4S.HI/c1-3-8-16-14(15-2)17-12-6-9-18(10-7-12)13-5-4-11-19-13;/h1,4-5,11-12H,6-10H2,2H3,(H2,15,16,17);1H. The smallest absolute Gasteiger partial charge is 0.191 e. The fourth-order valence-electron chi connectivity index (χ4n) is 2.22. The zero-order valence-corrected chi connectivity index (χ0v) is 14.8. The van der Waals surface area contributed by atoms with Crippen LogP contribution in [0.1, 0.15) is 12.8 Å². The Morgan fingerprint density at radius 2 is 2.30 bits per heavy atom. The summed E-state index contributed by atoms with van der Waals surface area (Å²) in [5, 5.41) is 10.0. The third-order valence-electron chi connectivity index (χ3n) is 3.24. The van der Waals surface area contributed by atoms with Gasteiger partial charge in [0.15, 0.2) is 5.96 Å². The summed E-state index contributed by atoms with van der Waals surface area (Å²) in [6.07, 6.45) is 7.48. The van der Waals surface area contributed by atoms with Gasteiger partial charge in [-0.15, -0.1) is 41.7 Å². The molecular formula is C14H21IN4S. The number of guanidine groups is 1. The Labute approximate surface area is 142 Å². The Balaban J connectivity index is 0.00000200. The zero-order chi connectivity index (χ0) is 13.5. The normalized spacial score (nSPS) is 16.2. The summed E-state index contributed by atoms with van der Waals surface area (Å²) in [6.45, 7) is 2.68. The molecule has 0 bridgehead atoms. The number of rotatable bonds is 3. The molecule has 0 unspecified atom stereocenters. The van der Waals surface area contributed by atoms with E-state index in [-0.39, 0.29) is 24.0 Å². The molecule has 0 amide bonds. The molecule has 20 heavy (non-hydrogen) atoms. The van der Waals surface area contributed by atoms with Crippen LogP contribution in [0, 0.1) is 12.3 Å². The lowest BCUT2D eigenvalue weighted by Crippen LogP contribution is -2.48. The number of anilines is 1. The number of thiophene rings is 1. The van der Waals surface area contributed by atoms with Gasteiger partial charge in [0.05, 0.1) is 11.5 Å². The predicted octanol–water partition coefficient (Wildman–Crippen LogP) is 2.13. The van der Waals surface area contributed by atoms with E-state index in [1.54, 1.807) is 7.05 Å². The van der Waals surface area contributed by atoms with Crippen LogP contribution in [0.15, 0.2) is 22.5 Å². The van der Waals surface area contributed by atoms with E-state index < -0.39 is 0 Å². The Morgan fingerprint density at radius 1 is 1.55 bits per heavy atom. The van der Waals surface area contributed by atoms with Crippen molar-refractivity contribution in [1.82, 2.24) is 10.6 Å². The largest absolute Gasteiger partial charge is 0.363 e. The molecule has 1 aliphatic heterocycles. The number of hydrogen-bond donors (Lipinski definition) is 2. The molecule has 2 heterocycles. The van der Waals surface area contributed by atoms with E-state index in [1.807, 2.05) is 11.3 Å². The second kappa shape index (κ2) is 9.08. The minimum absolute atomic E-state index is 0. The van der Waals surface area contributed by atoms with Crippen LogP contribution in [-0.4, -0.2) is 38.7 Å². The van der Waals surface area contributed by atoms with Gasteiger partial charge in [-0.2, -0.15) is 0 Å². The summed E-state index contributed by atoms with van der Waals surface area (Å²) >= 11 is 1.81. The van der Waals surface area contributed by atoms with Crippen LogP contribution in [0.5, 0.6) is 0 Å². The van der Waals surface area contributed by atoms with Crippen molar-refractivity contribution >= 4 is 46.3 Å². The quantitative estimate of drug-likeness (QED) is 0.351. The highest BCUT2D eigenvalue weighted by atomic mass is 127. The molecule has 0 radical (unpaired) electrons. The number of hydrogen-bond acceptors (Lipinski definition) is 3. The second-order valence-electron chi connectivity index (χ2n) is 4.49. The SMILES string of the molecule is C#CCNC(=NC)NC1CCN(c2cccs2)CC1.I. The summed E-state index contributed by atoms with van der Waals surface area (Å²) in [6, 6.07) is 4.77. The topological polar surface area (TPSA) is 39.7 Å². The van der Waals surface area contributed by atoms with Crippen LogP contribution in [-0.2, 0) is 0 Å². The summed E-state index contributed by atoms with van der Waals surface area (Å²) < 4.78 is 0. The highest BCUT2D eigenvalue weighted by molar-refractivity contribution is 14.0. The maximum Gasteiger partial charge on any atom is 0.191 e. The van der Waals surface area contributed by atoms with Gasteiger partial charge in [-0.05, 0) is 30.4 Å². The highest BCUT2D eigenvalue weighted by Crippen LogP contribution is 2.24. The molecule has 0 aromatic carbocycles. The molecule has 6 heteroatoms. The van der Waals surface area contributed by atoms with Crippen molar-refractivity contribution in [3.8, 4) is 12.3 Å². The zero-order valence-electron chi connectivity index (χ0n) is 11.6. The van der Waals surface area contributed by atoms with Crippen LogP contribution in [0.25, 0.3) is 0 Å². The molecule has 1 saturated heterocycles. The van der Waals surface area contributed by atoms with Crippen molar-refractivity contribution in [1.29, 1.82) is 0 Å². The van der Waals surface area contributed by atoms with E-state index in [0.717, 1.165) is 31.9 Å². The minimum Gasteiger partial charge on any atom is -0.363 e. The fourth-order valence-corrected chi connectivity index (χ4v) is 3.00. The van der Waals surface area contributed by atoms with Gasteiger partial charge in [0, 0.05) is 26.2 Å². The first kappa shape index (κ1) is 17.1. The Morgan fingerprint density at radius 3 is 2.85 bits per heavy atom. The maximum absolute atomic E-state index is 5.24. The van der Waals surface area contributed by atoms with E-state index >= 15 is 0 Å². The second-order valence-corrected chi connectivity index (χ2v) is 5.41. The van der Waals surface area contributed by atoms with Crippen LogP contribution < -0.4 is 15.5 Å². The summed E-state index contributed by atoms with van der Waals surface area (Å²) in [5.41, 5.74) is 0. The van der Waals surface area contributed by atoms with Crippen molar-refractivity contribution in [2.45, 2.75) is 18.9 Å². The first-order valence-electron chi connectivity index (χ1n) is 6.52. The first-order chi connectivity index (χ1) is 9.33. The molecule has 1 fully saturated rings. The molecule has 4 nitrogen and oxygen atoms in total. The third kappa shape index (κ3) is 4.87. The minimum atomic E-state index is 0. The Bertz CT molecular complexity index is 444. The molecule has 0 atom stereocenters. The summed E-state index contributed by atoms with van der Waals surface area (Å²) in [5.74, 6) is 3.36. The van der Waals surface area contributed by atoms with Crippen molar-refractivity contribution in [3.63, 3.8) is 0 Å². The van der Waals surface area contributed by atoms with Gasteiger partial charge in [-0.3, -0.25) is 4.99 Å². The predicted molar refractivity (Wildman–Crippen MR) is 98.3 cm³/mol. The Hall–Kier alpha value is -0.940. The van der Waals surface area contributed by atoms with Crippen molar-refractivity contribution < 1.29 is 0 Å². The van der Waals surface area contributed by atoms with E-state index in [4.69, 9.17) is 6.42 Å². The molecular weight excluding hydrogens is 383 g/mol. The fraction of sp³-hybridized carbons (Fsp3) is 0.500. The molecule has 0 saturated carbocycles. The monoisotopic (exact) mass is 404 g/mol. The number of nitrogens with one attached hydrogen (secondary N) is 2. The maximum atomic E-state index is 5.24. The molecule has 1 aromatic heterocycles. The van der Waals surface area contributed by atoms with Gasteiger partial charge in [0.25, 0.3) is 0 Å². The number of terminal acetylenes is 1. The van der Waals surface area contributed by atoms with Crippen LogP contribution in [0.3, 0.4) is 0 Å². The lowest BCUT2D eigenvalue weighted by atomic mass is 10.1. The van der Waals surface area contributed by atoms with E-state index in [9.17, 15) is 0 Å². The van der Waals surface area contributed by atoms with Gasteiger partial charge >= 0.3 is 0 Å². The van der Waals surface area contributed by atoms with Crippen LogP contribution >= 0.6 is 35.3 Å².